The van der Waals surface area contributed by atoms with Crippen LogP contribution in [0.25, 0.3) is 0 Å². The van der Waals surface area contributed by atoms with Gasteiger partial charge in [0, 0.05) is 5.56 Å². The Balaban J connectivity index is 2.98. The van der Waals surface area contributed by atoms with E-state index in [-0.39, 0.29) is 5.56 Å². The number of nitrogens with one attached hydrogen (secondary N) is 1. The second-order valence-corrected chi connectivity index (χ2v) is 2.74. The molecule has 1 aromatic rings. The number of rotatable bonds is 2. The maximum atomic E-state index is 12.2. The number of aliphatic hydroxyl groups is 1. The van der Waals surface area contributed by atoms with E-state index in [1.807, 2.05) is 5.32 Å². The molecule has 1 rings (SSSR count). The van der Waals surface area contributed by atoms with E-state index in [0.717, 1.165) is 18.2 Å². The third kappa shape index (κ3) is 2.95. The van der Waals surface area contributed by atoms with E-state index in [2.05, 4.69) is 0 Å². The summed E-state index contributed by atoms with van der Waals surface area (Å²) in [5.74, 6) is -0.747. The third-order valence-corrected chi connectivity index (χ3v) is 1.69. The molecule has 0 aliphatic carbocycles. The number of aliphatic hydroxyl groups excluding tert-OH is 1. The first kappa shape index (κ1) is 11.5. The van der Waals surface area contributed by atoms with Gasteiger partial charge in [-0.15, -0.1) is 0 Å². The molecular formula is C9H8F3NO2. The van der Waals surface area contributed by atoms with E-state index in [9.17, 15) is 18.0 Å². The number of carbonyl (C=O) groups excluding carboxylic acids is 1. The first-order valence-corrected chi connectivity index (χ1v) is 4.01. The molecule has 0 saturated carbocycles. The van der Waals surface area contributed by atoms with Crippen molar-refractivity contribution in [2.24, 2.45) is 0 Å². The summed E-state index contributed by atoms with van der Waals surface area (Å²) in [5, 5.41) is 10.4. The number of benzene rings is 1. The minimum absolute atomic E-state index is 0.140. The lowest BCUT2D eigenvalue weighted by Crippen LogP contribution is -2.24. The van der Waals surface area contributed by atoms with Crippen molar-refractivity contribution in [1.29, 1.82) is 0 Å². The molecule has 0 aromatic heterocycles. The lowest BCUT2D eigenvalue weighted by molar-refractivity contribution is -0.137. The zero-order valence-electron chi connectivity index (χ0n) is 7.51. The van der Waals surface area contributed by atoms with Crippen molar-refractivity contribution in [3.05, 3.63) is 35.4 Å². The van der Waals surface area contributed by atoms with Gasteiger partial charge in [0.2, 0.25) is 0 Å². The van der Waals surface area contributed by atoms with Crippen LogP contribution in [0.2, 0.25) is 0 Å². The summed E-state index contributed by atoms with van der Waals surface area (Å²) in [4.78, 5) is 11.1. The van der Waals surface area contributed by atoms with Crippen molar-refractivity contribution >= 4 is 5.91 Å². The highest BCUT2D eigenvalue weighted by Gasteiger charge is 2.30. The molecule has 82 valence electrons. The third-order valence-electron chi connectivity index (χ3n) is 1.69. The second kappa shape index (κ2) is 4.31. The van der Waals surface area contributed by atoms with Crippen molar-refractivity contribution in [3.63, 3.8) is 0 Å². The Labute approximate surface area is 83.5 Å². The van der Waals surface area contributed by atoms with Crippen molar-refractivity contribution in [1.82, 2.24) is 5.32 Å². The van der Waals surface area contributed by atoms with Crippen LogP contribution in [-0.4, -0.2) is 17.7 Å². The SMILES string of the molecule is O=C(NCO)c1cccc(C(F)(F)F)c1. The topological polar surface area (TPSA) is 49.3 Å². The van der Waals surface area contributed by atoms with Crippen LogP contribution in [0.5, 0.6) is 0 Å². The number of halogens is 3. The Hall–Kier alpha value is -1.56. The van der Waals surface area contributed by atoms with Gasteiger partial charge in [0.05, 0.1) is 5.56 Å². The van der Waals surface area contributed by atoms with Gasteiger partial charge < -0.3 is 10.4 Å². The molecule has 6 heteroatoms. The molecular weight excluding hydrogens is 211 g/mol. The maximum absolute atomic E-state index is 12.2. The van der Waals surface area contributed by atoms with Crippen LogP contribution in [0.15, 0.2) is 24.3 Å². The average molecular weight is 219 g/mol. The summed E-state index contributed by atoms with van der Waals surface area (Å²) in [6.07, 6.45) is -4.48. The molecule has 0 fully saturated rings. The van der Waals surface area contributed by atoms with Crippen LogP contribution < -0.4 is 5.32 Å². The maximum Gasteiger partial charge on any atom is 0.416 e. The molecule has 0 saturated heterocycles. The van der Waals surface area contributed by atoms with E-state index in [0.29, 0.717) is 0 Å². The van der Waals surface area contributed by atoms with Gasteiger partial charge in [0.25, 0.3) is 5.91 Å². The minimum atomic E-state index is -4.48. The fourth-order valence-corrected chi connectivity index (χ4v) is 1.01. The summed E-state index contributed by atoms with van der Waals surface area (Å²) >= 11 is 0. The van der Waals surface area contributed by atoms with Gasteiger partial charge in [-0.3, -0.25) is 4.79 Å². The number of alkyl halides is 3. The molecule has 0 aliphatic rings. The van der Waals surface area contributed by atoms with Gasteiger partial charge in [-0.1, -0.05) is 6.07 Å². The number of carbonyl (C=O) groups is 1. The van der Waals surface area contributed by atoms with Crippen LogP contribution in [0, 0.1) is 0 Å². The van der Waals surface area contributed by atoms with Crippen molar-refractivity contribution in [3.8, 4) is 0 Å². The lowest BCUT2D eigenvalue weighted by Gasteiger charge is -2.08. The van der Waals surface area contributed by atoms with Crippen LogP contribution in [-0.2, 0) is 6.18 Å². The molecule has 3 nitrogen and oxygen atoms in total. The number of hydrogen-bond donors (Lipinski definition) is 2. The molecule has 1 amide bonds. The minimum Gasteiger partial charge on any atom is -0.376 e. The van der Waals surface area contributed by atoms with Gasteiger partial charge in [-0.25, -0.2) is 0 Å². The molecule has 15 heavy (non-hydrogen) atoms. The van der Waals surface area contributed by atoms with Crippen LogP contribution in [0.1, 0.15) is 15.9 Å². The Bertz CT molecular complexity index is 363. The lowest BCUT2D eigenvalue weighted by atomic mass is 10.1. The first-order chi connectivity index (χ1) is 6.95. The second-order valence-electron chi connectivity index (χ2n) is 2.74. The zero-order chi connectivity index (χ0) is 11.5. The normalized spacial score (nSPS) is 11.2. The van der Waals surface area contributed by atoms with Crippen molar-refractivity contribution in [2.75, 3.05) is 6.73 Å². The quantitative estimate of drug-likeness (QED) is 0.738. The fourth-order valence-electron chi connectivity index (χ4n) is 1.01. The zero-order valence-corrected chi connectivity index (χ0v) is 7.51. The van der Waals surface area contributed by atoms with E-state index in [4.69, 9.17) is 5.11 Å². The molecule has 0 bridgehead atoms. The molecule has 0 unspecified atom stereocenters. The summed E-state index contributed by atoms with van der Waals surface area (Å²) in [6.45, 7) is -0.616. The summed E-state index contributed by atoms with van der Waals surface area (Å²) < 4.78 is 36.7. The van der Waals surface area contributed by atoms with E-state index in [1.54, 1.807) is 0 Å². The Morgan fingerprint density at radius 3 is 2.60 bits per heavy atom. The number of hydrogen-bond acceptors (Lipinski definition) is 2. The van der Waals surface area contributed by atoms with Gasteiger partial charge in [0.15, 0.2) is 0 Å². The van der Waals surface area contributed by atoms with Crippen molar-refractivity contribution < 1.29 is 23.1 Å². The molecule has 0 spiro atoms. The van der Waals surface area contributed by atoms with Gasteiger partial charge in [-0.2, -0.15) is 13.2 Å². The Morgan fingerprint density at radius 2 is 2.07 bits per heavy atom. The highest BCUT2D eigenvalue weighted by Crippen LogP contribution is 2.29. The predicted octanol–water partition coefficient (Wildman–Crippen LogP) is 1.39. The molecule has 0 radical (unpaired) electrons. The van der Waals surface area contributed by atoms with Crippen LogP contribution in [0.3, 0.4) is 0 Å². The standard InChI is InChI=1S/C9H8F3NO2/c10-9(11,12)7-3-1-2-6(4-7)8(15)13-5-14/h1-4,14H,5H2,(H,13,15). The van der Waals surface area contributed by atoms with Crippen LogP contribution in [0.4, 0.5) is 13.2 Å². The van der Waals surface area contributed by atoms with E-state index >= 15 is 0 Å². The van der Waals surface area contributed by atoms with E-state index < -0.39 is 24.4 Å². The fraction of sp³-hybridized carbons (Fsp3) is 0.222. The molecule has 0 aliphatic heterocycles. The largest absolute Gasteiger partial charge is 0.416 e. The monoisotopic (exact) mass is 219 g/mol. The smallest absolute Gasteiger partial charge is 0.376 e. The highest BCUT2D eigenvalue weighted by molar-refractivity contribution is 5.94. The summed E-state index contributed by atoms with van der Waals surface area (Å²) in [7, 11) is 0. The van der Waals surface area contributed by atoms with Crippen LogP contribution >= 0.6 is 0 Å². The van der Waals surface area contributed by atoms with Crippen molar-refractivity contribution in [2.45, 2.75) is 6.18 Å². The highest BCUT2D eigenvalue weighted by atomic mass is 19.4. The number of amides is 1. The molecule has 0 atom stereocenters. The summed E-state index contributed by atoms with van der Waals surface area (Å²) in [6, 6.07) is 3.97. The predicted molar refractivity (Wildman–Crippen MR) is 46.0 cm³/mol. The Morgan fingerprint density at radius 1 is 1.40 bits per heavy atom. The molecule has 1 aromatic carbocycles. The Kier molecular flexibility index (Phi) is 3.31. The van der Waals surface area contributed by atoms with Gasteiger partial charge in [0.1, 0.15) is 6.73 Å². The van der Waals surface area contributed by atoms with Gasteiger partial charge >= 0.3 is 6.18 Å². The molecule has 0 heterocycles. The average Bonchev–Trinajstić information content (AvgIpc) is 2.17. The first-order valence-electron chi connectivity index (χ1n) is 4.01. The van der Waals surface area contributed by atoms with E-state index in [1.165, 1.54) is 6.07 Å². The van der Waals surface area contributed by atoms with Gasteiger partial charge in [-0.05, 0) is 18.2 Å². The summed E-state index contributed by atoms with van der Waals surface area (Å²) in [5.41, 5.74) is -1.04. The molecule has 2 N–H and O–H groups in total.